The summed E-state index contributed by atoms with van der Waals surface area (Å²) in [6, 6.07) is 18.6. The number of aliphatic hydroxyl groups excluding tert-OH is 1. The molecule has 1 atom stereocenters. The van der Waals surface area contributed by atoms with Gasteiger partial charge in [0.05, 0.1) is 0 Å². The van der Waals surface area contributed by atoms with Crippen molar-refractivity contribution in [2.75, 3.05) is 37.7 Å². The van der Waals surface area contributed by atoms with Gasteiger partial charge in [0.15, 0.2) is 0 Å². The second-order valence-electron chi connectivity index (χ2n) is 6.73. The van der Waals surface area contributed by atoms with Crippen molar-refractivity contribution in [2.45, 2.75) is 25.3 Å². The number of hydrogen-bond donors (Lipinski definition) is 1. The van der Waals surface area contributed by atoms with E-state index in [1.165, 1.54) is 5.56 Å². The van der Waals surface area contributed by atoms with Crippen LogP contribution in [-0.4, -0.2) is 53.8 Å². The van der Waals surface area contributed by atoms with Crippen molar-refractivity contribution in [3.63, 3.8) is 0 Å². The predicted octanol–water partition coefficient (Wildman–Crippen LogP) is 2.46. The quantitative estimate of drug-likeness (QED) is 0.831. The summed E-state index contributed by atoms with van der Waals surface area (Å²) in [4.78, 5) is 9.14. The molecule has 136 valence electrons. The van der Waals surface area contributed by atoms with E-state index >= 15 is 0 Å². The fourth-order valence-corrected chi connectivity index (χ4v) is 3.61. The van der Waals surface area contributed by atoms with Gasteiger partial charge in [-0.15, -0.1) is 0 Å². The second kappa shape index (κ2) is 9.33. The van der Waals surface area contributed by atoms with Crippen molar-refractivity contribution >= 4 is 5.82 Å². The number of aromatic nitrogens is 1. The summed E-state index contributed by atoms with van der Waals surface area (Å²) in [5.74, 6) is 0.857. The molecule has 5 nitrogen and oxygen atoms in total. The summed E-state index contributed by atoms with van der Waals surface area (Å²) in [5, 5.41) is 18.5. The van der Waals surface area contributed by atoms with E-state index in [0.29, 0.717) is 11.7 Å². The standard InChI is InChI=1S/C21H26N4O/c22-16-19-9-4-10-21(23-19)25-14-13-24(20(17-25)11-15-26)12-5-8-18-6-2-1-3-7-18/h1-4,6-7,9-10,20,26H,5,8,11-15,17H2/t20-/m0/s1. The minimum atomic E-state index is 0.194. The zero-order chi connectivity index (χ0) is 18.2. The summed E-state index contributed by atoms with van der Waals surface area (Å²) in [6.45, 7) is 3.93. The number of hydrogen-bond acceptors (Lipinski definition) is 5. The smallest absolute Gasteiger partial charge is 0.142 e. The Morgan fingerprint density at radius 2 is 1.96 bits per heavy atom. The molecule has 1 aromatic carbocycles. The molecule has 5 heteroatoms. The molecule has 1 fully saturated rings. The normalized spacial score (nSPS) is 17.8. The molecule has 1 aliphatic rings. The lowest BCUT2D eigenvalue weighted by atomic mass is 10.1. The van der Waals surface area contributed by atoms with Crippen molar-refractivity contribution in [2.24, 2.45) is 0 Å². The molecule has 0 spiro atoms. The topological polar surface area (TPSA) is 63.4 Å². The largest absolute Gasteiger partial charge is 0.396 e. The van der Waals surface area contributed by atoms with E-state index in [1.54, 1.807) is 6.07 Å². The van der Waals surface area contributed by atoms with Gasteiger partial charge in [-0.1, -0.05) is 36.4 Å². The Hall–Kier alpha value is -2.42. The van der Waals surface area contributed by atoms with E-state index < -0.39 is 0 Å². The average molecular weight is 350 g/mol. The van der Waals surface area contributed by atoms with Crippen LogP contribution in [-0.2, 0) is 6.42 Å². The zero-order valence-corrected chi connectivity index (χ0v) is 15.1. The molecule has 0 amide bonds. The summed E-state index contributed by atoms with van der Waals surface area (Å²) >= 11 is 0. The average Bonchev–Trinajstić information content (AvgIpc) is 2.70. The Labute approximate surface area is 155 Å². The molecule has 3 rings (SSSR count). The number of pyridine rings is 1. The van der Waals surface area contributed by atoms with Crippen LogP contribution in [0.25, 0.3) is 0 Å². The Kier molecular flexibility index (Phi) is 6.59. The van der Waals surface area contributed by atoms with Crippen molar-refractivity contribution in [1.82, 2.24) is 9.88 Å². The maximum atomic E-state index is 9.47. The first kappa shape index (κ1) is 18.4. The van der Waals surface area contributed by atoms with Crippen LogP contribution < -0.4 is 4.90 Å². The SMILES string of the molecule is N#Cc1cccc(N2CCN(CCCc3ccccc3)[C@@H](CCO)C2)n1. The summed E-state index contributed by atoms with van der Waals surface area (Å²) in [5.41, 5.74) is 1.83. The van der Waals surface area contributed by atoms with E-state index in [1.807, 2.05) is 12.1 Å². The van der Waals surface area contributed by atoms with E-state index in [4.69, 9.17) is 5.26 Å². The molecule has 0 saturated carbocycles. The fourth-order valence-electron chi connectivity index (χ4n) is 3.61. The van der Waals surface area contributed by atoms with Crippen LogP contribution in [0.1, 0.15) is 24.1 Å². The third kappa shape index (κ3) is 4.81. The van der Waals surface area contributed by atoms with E-state index in [0.717, 1.165) is 51.3 Å². The lowest BCUT2D eigenvalue weighted by Crippen LogP contribution is -2.54. The zero-order valence-electron chi connectivity index (χ0n) is 15.1. The number of nitrogens with zero attached hydrogens (tertiary/aromatic N) is 4. The number of aliphatic hydroxyl groups is 1. The van der Waals surface area contributed by atoms with Gasteiger partial charge in [-0.25, -0.2) is 4.98 Å². The van der Waals surface area contributed by atoms with Crippen LogP contribution in [0.3, 0.4) is 0 Å². The number of aryl methyl sites for hydroxylation is 1. The van der Waals surface area contributed by atoms with Crippen LogP contribution in [0.4, 0.5) is 5.82 Å². The number of benzene rings is 1. The molecule has 1 N–H and O–H groups in total. The molecule has 1 saturated heterocycles. The van der Waals surface area contributed by atoms with Gasteiger partial charge in [-0.3, -0.25) is 4.90 Å². The van der Waals surface area contributed by atoms with Gasteiger partial charge in [0, 0.05) is 32.3 Å². The highest BCUT2D eigenvalue weighted by atomic mass is 16.3. The predicted molar refractivity (Wildman–Crippen MR) is 103 cm³/mol. The molecule has 1 aliphatic heterocycles. The molecule has 0 radical (unpaired) electrons. The lowest BCUT2D eigenvalue weighted by molar-refractivity contribution is 0.140. The molecule has 1 aromatic heterocycles. The van der Waals surface area contributed by atoms with Gasteiger partial charge < -0.3 is 10.0 Å². The number of piperazine rings is 1. The minimum absolute atomic E-state index is 0.194. The highest BCUT2D eigenvalue weighted by molar-refractivity contribution is 5.42. The van der Waals surface area contributed by atoms with Gasteiger partial charge in [-0.2, -0.15) is 5.26 Å². The van der Waals surface area contributed by atoms with Crippen molar-refractivity contribution in [1.29, 1.82) is 5.26 Å². The first-order valence-corrected chi connectivity index (χ1v) is 9.31. The van der Waals surface area contributed by atoms with Crippen molar-refractivity contribution in [3.8, 4) is 6.07 Å². The molecule has 2 heterocycles. The Morgan fingerprint density at radius 1 is 1.12 bits per heavy atom. The summed E-state index contributed by atoms with van der Waals surface area (Å²) in [6.07, 6.45) is 2.96. The fraction of sp³-hybridized carbons (Fsp3) is 0.429. The van der Waals surface area contributed by atoms with Crippen molar-refractivity contribution < 1.29 is 5.11 Å². The van der Waals surface area contributed by atoms with E-state index in [9.17, 15) is 5.11 Å². The summed E-state index contributed by atoms with van der Waals surface area (Å²) < 4.78 is 0. The Morgan fingerprint density at radius 3 is 2.73 bits per heavy atom. The molecule has 26 heavy (non-hydrogen) atoms. The van der Waals surface area contributed by atoms with E-state index in [2.05, 4.69) is 51.2 Å². The van der Waals surface area contributed by atoms with E-state index in [-0.39, 0.29) is 6.61 Å². The van der Waals surface area contributed by atoms with Gasteiger partial charge in [0.25, 0.3) is 0 Å². The first-order chi connectivity index (χ1) is 12.8. The maximum Gasteiger partial charge on any atom is 0.142 e. The Bertz CT molecular complexity index is 728. The van der Waals surface area contributed by atoms with Crippen LogP contribution in [0.15, 0.2) is 48.5 Å². The number of anilines is 1. The maximum absolute atomic E-state index is 9.47. The van der Waals surface area contributed by atoms with Gasteiger partial charge >= 0.3 is 0 Å². The third-order valence-electron chi connectivity index (χ3n) is 4.99. The van der Waals surface area contributed by atoms with Crippen LogP contribution in [0.2, 0.25) is 0 Å². The van der Waals surface area contributed by atoms with Crippen LogP contribution in [0.5, 0.6) is 0 Å². The highest BCUT2D eigenvalue weighted by Gasteiger charge is 2.27. The molecule has 0 bridgehead atoms. The van der Waals surface area contributed by atoms with Gasteiger partial charge in [0.1, 0.15) is 17.6 Å². The summed E-state index contributed by atoms with van der Waals surface area (Å²) in [7, 11) is 0. The first-order valence-electron chi connectivity index (χ1n) is 9.31. The molecular weight excluding hydrogens is 324 g/mol. The molecular formula is C21H26N4O. The Balaban J connectivity index is 1.58. The molecule has 0 aliphatic carbocycles. The second-order valence-corrected chi connectivity index (χ2v) is 6.73. The number of rotatable bonds is 7. The minimum Gasteiger partial charge on any atom is -0.396 e. The van der Waals surface area contributed by atoms with Gasteiger partial charge in [-0.05, 0) is 43.5 Å². The molecule has 2 aromatic rings. The van der Waals surface area contributed by atoms with Crippen LogP contribution >= 0.6 is 0 Å². The molecule has 0 unspecified atom stereocenters. The number of nitriles is 1. The van der Waals surface area contributed by atoms with Gasteiger partial charge in [0.2, 0.25) is 0 Å². The van der Waals surface area contributed by atoms with Crippen LogP contribution in [0, 0.1) is 11.3 Å². The lowest BCUT2D eigenvalue weighted by Gasteiger charge is -2.42. The highest BCUT2D eigenvalue weighted by Crippen LogP contribution is 2.20. The van der Waals surface area contributed by atoms with Crippen molar-refractivity contribution in [3.05, 3.63) is 59.8 Å². The monoisotopic (exact) mass is 350 g/mol. The third-order valence-corrected chi connectivity index (χ3v) is 4.99.